The van der Waals surface area contributed by atoms with Crippen LogP contribution in [0.1, 0.15) is 13.8 Å². The molecule has 3 N–H and O–H groups in total. The molecule has 17 heavy (non-hydrogen) atoms. The second kappa shape index (κ2) is 5.35. The molecular formula is C9H15F3N2O3. The molecule has 0 aromatic rings. The largest absolute Gasteiger partial charge is 0.480 e. The van der Waals surface area contributed by atoms with Gasteiger partial charge in [0.25, 0.3) is 0 Å². The van der Waals surface area contributed by atoms with Gasteiger partial charge in [-0.2, -0.15) is 13.2 Å². The highest BCUT2D eigenvalue weighted by Gasteiger charge is 2.38. The normalized spacial score (nSPS) is 12.4. The number of amides is 1. The maximum absolute atomic E-state index is 12.2. The van der Waals surface area contributed by atoms with E-state index in [1.54, 1.807) is 0 Å². The van der Waals surface area contributed by atoms with E-state index in [1.807, 2.05) is 0 Å². The van der Waals surface area contributed by atoms with Crippen LogP contribution in [0.3, 0.4) is 0 Å². The number of carboxylic acids is 1. The van der Waals surface area contributed by atoms with E-state index in [1.165, 1.54) is 13.8 Å². The lowest BCUT2D eigenvalue weighted by Crippen LogP contribution is -2.49. The van der Waals surface area contributed by atoms with Crippen LogP contribution in [0, 0.1) is 5.41 Å². The number of nitrogens with two attached hydrogens (primary N) is 1. The summed E-state index contributed by atoms with van der Waals surface area (Å²) in [6.07, 6.45) is -4.64. The molecule has 5 nitrogen and oxygen atoms in total. The summed E-state index contributed by atoms with van der Waals surface area (Å²) in [5.74, 6) is -2.44. The van der Waals surface area contributed by atoms with Crippen LogP contribution in [0.2, 0.25) is 0 Å². The van der Waals surface area contributed by atoms with Crippen molar-refractivity contribution < 1.29 is 27.9 Å². The fourth-order valence-corrected chi connectivity index (χ4v) is 1.09. The third-order valence-electron chi connectivity index (χ3n) is 2.07. The second-order valence-corrected chi connectivity index (χ2v) is 4.26. The SMILES string of the molecule is CC(C)(CN)C(=O)N(CC(=O)O)CC(F)(F)F. The van der Waals surface area contributed by atoms with Crippen molar-refractivity contribution in [2.45, 2.75) is 20.0 Å². The van der Waals surface area contributed by atoms with Gasteiger partial charge in [0, 0.05) is 6.54 Å². The predicted octanol–water partition coefficient (Wildman–Crippen LogP) is 0.447. The molecular weight excluding hydrogens is 241 g/mol. The number of carbonyl (C=O) groups is 2. The second-order valence-electron chi connectivity index (χ2n) is 4.26. The van der Waals surface area contributed by atoms with Gasteiger partial charge in [-0.05, 0) is 13.8 Å². The summed E-state index contributed by atoms with van der Waals surface area (Å²) in [4.78, 5) is 22.4. The standard InChI is InChI=1S/C9H15F3N2O3/c1-8(2,4-13)7(17)14(3-6(15)16)5-9(10,11)12/h3-5,13H2,1-2H3,(H,15,16). The van der Waals surface area contributed by atoms with Crippen LogP contribution in [-0.2, 0) is 9.59 Å². The molecule has 0 heterocycles. The van der Waals surface area contributed by atoms with Crippen molar-refractivity contribution in [3.05, 3.63) is 0 Å². The number of aliphatic carboxylic acids is 1. The fraction of sp³-hybridized carbons (Fsp3) is 0.778. The molecule has 0 aliphatic rings. The molecule has 0 fully saturated rings. The van der Waals surface area contributed by atoms with Gasteiger partial charge in [-0.3, -0.25) is 9.59 Å². The lowest BCUT2D eigenvalue weighted by molar-refractivity contribution is -0.170. The summed E-state index contributed by atoms with van der Waals surface area (Å²) < 4.78 is 36.6. The Bertz CT molecular complexity index is 302. The van der Waals surface area contributed by atoms with Crippen LogP contribution in [0.5, 0.6) is 0 Å². The van der Waals surface area contributed by atoms with Crippen molar-refractivity contribution in [1.29, 1.82) is 0 Å². The molecule has 1 amide bonds. The van der Waals surface area contributed by atoms with E-state index in [2.05, 4.69) is 0 Å². The van der Waals surface area contributed by atoms with E-state index < -0.39 is 36.6 Å². The zero-order valence-electron chi connectivity index (χ0n) is 9.54. The summed E-state index contributed by atoms with van der Waals surface area (Å²) in [6, 6.07) is 0. The van der Waals surface area contributed by atoms with Gasteiger partial charge in [0.2, 0.25) is 5.91 Å². The molecule has 0 aromatic carbocycles. The number of nitrogens with zero attached hydrogens (tertiary/aromatic N) is 1. The molecule has 8 heteroatoms. The third kappa shape index (κ3) is 5.53. The lowest BCUT2D eigenvalue weighted by Gasteiger charge is -2.30. The van der Waals surface area contributed by atoms with Crippen molar-refractivity contribution in [2.75, 3.05) is 19.6 Å². The van der Waals surface area contributed by atoms with Gasteiger partial charge < -0.3 is 15.7 Å². The average Bonchev–Trinajstić information content (AvgIpc) is 2.12. The molecule has 0 saturated heterocycles. The molecule has 0 unspecified atom stereocenters. The summed E-state index contributed by atoms with van der Waals surface area (Å²) in [6.45, 7) is -0.0374. The van der Waals surface area contributed by atoms with Crippen LogP contribution >= 0.6 is 0 Å². The Labute approximate surface area is 96.4 Å². The van der Waals surface area contributed by atoms with Gasteiger partial charge in [-0.25, -0.2) is 0 Å². The average molecular weight is 256 g/mol. The van der Waals surface area contributed by atoms with E-state index in [4.69, 9.17) is 10.8 Å². The van der Waals surface area contributed by atoms with E-state index in [0.717, 1.165) is 0 Å². The highest BCUT2D eigenvalue weighted by molar-refractivity contribution is 5.85. The Kier molecular flexibility index (Phi) is 4.94. The van der Waals surface area contributed by atoms with Crippen molar-refractivity contribution >= 4 is 11.9 Å². The van der Waals surface area contributed by atoms with E-state index >= 15 is 0 Å². The molecule has 0 aromatic heterocycles. The van der Waals surface area contributed by atoms with E-state index in [9.17, 15) is 22.8 Å². The van der Waals surface area contributed by atoms with E-state index in [-0.39, 0.29) is 11.4 Å². The minimum Gasteiger partial charge on any atom is -0.480 e. The van der Waals surface area contributed by atoms with E-state index in [0.29, 0.717) is 0 Å². The van der Waals surface area contributed by atoms with Crippen molar-refractivity contribution in [2.24, 2.45) is 11.1 Å². The zero-order valence-corrected chi connectivity index (χ0v) is 9.54. The first kappa shape index (κ1) is 15.7. The molecule has 0 radical (unpaired) electrons. The van der Waals surface area contributed by atoms with Crippen LogP contribution in [0.15, 0.2) is 0 Å². The Morgan fingerprint density at radius 1 is 1.29 bits per heavy atom. The zero-order chi connectivity index (χ0) is 13.9. The topological polar surface area (TPSA) is 83.6 Å². The van der Waals surface area contributed by atoms with Crippen molar-refractivity contribution in [3.63, 3.8) is 0 Å². The first-order valence-electron chi connectivity index (χ1n) is 4.77. The molecule has 0 rings (SSSR count). The number of hydrogen-bond acceptors (Lipinski definition) is 3. The first-order chi connectivity index (χ1) is 7.49. The number of alkyl halides is 3. The van der Waals surface area contributed by atoms with Crippen LogP contribution in [0.4, 0.5) is 13.2 Å². The first-order valence-corrected chi connectivity index (χ1v) is 4.77. The number of carbonyl (C=O) groups excluding carboxylic acids is 1. The van der Waals surface area contributed by atoms with Crippen molar-refractivity contribution in [3.8, 4) is 0 Å². The molecule has 0 saturated carbocycles. The smallest absolute Gasteiger partial charge is 0.406 e. The Morgan fingerprint density at radius 2 is 1.76 bits per heavy atom. The molecule has 0 atom stereocenters. The molecule has 0 spiro atoms. The number of rotatable bonds is 5. The van der Waals surface area contributed by atoms with Gasteiger partial charge in [0.1, 0.15) is 13.1 Å². The summed E-state index contributed by atoms with van der Waals surface area (Å²) in [7, 11) is 0. The number of carboxylic acid groups (broad SMARTS) is 1. The summed E-state index contributed by atoms with van der Waals surface area (Å²) >= 11 is 0. The summed E-state index contributed by atoms with van der Waals surface area (Å²) in [5, 5.41) is 8.48. The highest BCUT2D eigenvalue weighted by Crippen LogP contribution is 2.22. The van der Waals surface area contributed by atoms with Gasteiger partial charge in [-0.15, -0.1) is 0 Å². The van der Waals surface area contributed by atoms with Gasteiger partial charge in [0.15, 0.2) is 0 Å². The van der Waals surface area contributed by atoms with Crippen LogP contribution in [0.25, 0.3) is 0 Å². The lowest BCUT2D eigenvalue weighted by atomic mass is 9.92. The van der Waals surface area contributed by atoms with Crippen LogP contribution in [-0.4, -0.2) is 47.7 Å². The Hall–Kier alpha value is -1.31. The minimum atomic E-state index is -4.64. The minimum absolute atomic E-state index is 0.167. The molecule has 100 valence electrons. The van der Waals surface area contributed by atoms with Crippen LogP contribution < -0.4 is 5.73 Å². The maximum Gasteiger partial charge on any atom is 0.406 e. The Morgan fingerprint density at radius 3 is 2.06 bits per heavy atom. The molecule has 0 aliphatic heterocycles. The highest BCUT2D eigenvalue weighted by atomic mass is 19.4. The molecule has 0 aliphatic carbocycles. The Balaban J connectivity index is 4.93. The number of hydrogen-bond donors (Lipinski definition) is 2. The molecule has 0 bridgehead atoms. The number of halogens is 3. The quantitative estimate of drug-likeness (QED) is 0.748. The van der Waals surface area contributed by atoms with Gasteiger partial charge in [0.05, 0.1) is 5.41 Å². The van der Waals surface area contributed by atoms with Gasteiger partial charge in [-0.1, -0.05) is 0 Å². The monoisotopic (exact) mass is 256 g/mol. The van der Waals surface area contributed by atoms with Crippen molar-refractivity contribution in [1.82, 2.24) is 4.90 Å². The predicted molar refractivity (Wildman–Crippen MR) is 53.1 cm³/mol. The van der Waals surface area contributed by atoms with Gasteiger partial charge >= 0.3 is 12.1 Å². The maximum atomic E-state index is 12.2. The summed E-state index contributed by atoms with van der Waals surface area (Å²) in [5.41, 5.74) is 4.04. The third-order valence-corrected chi connectivity index (χ3v) is 2.07. The fourth-order valence-electron chi connectivity index (χ4n) is 1.09.